The summed E-state index contributed by atoms with van der Waals surface area (Å²) in [5.41, 5.74) is 3.11. The maximum atomic E-state index is 12.2. The molecule has 0 aliphatic heterocycles. The number of rotatable bonds is 7. The minimum atomic E-state index is -0.442. The number of nitrogens with zero attached hydrogens (tertiary/aromatic N) is 2. The van der Waals surface area contributed by atoms with Crippen molar-refractivity contribution in [2.24, 2.45) is 0 Å². The molecular formula is C20H23N3O3. The molecule has 3 rings (SSSR count). The summed E-state index contributed by atoms with van der Waals surface area (Å²) < 4.78 is 6.66. The quantitative estimate of drug-likeness (QED) is 0.706. The highest BCUT2D eigenvalue weighted by molar-refractivity contribution is 5.91. The summed E-state index contributed by atoms with van der Waals surface area (Å²) >= 11 is 0. The van der Waals surface area contributed by atoms with E-state index >= 15 is 0 Å². The second-order valence-electron chi connectivity index (χ2n) is 6.00. The van der Waals surface area contributed by atoms with E-state index in [-0.39, 0.29) is 18.9 Å². The first-order valence-electron chi connectivity index (χ1n) is 8.85. The summed E-state index contributed by atoms with van der Waals surface area (Å²) in [4.78, 5) is 26.4. The van der Waals surface area contributed by atoms with Crippen molar-refractivity contribution in [3.63, 3.8) is 0 Å². The van der Waals surface area contributed by atoms with Gasteiger partial charge in [0.1, 0.15) is 0 Å². The van der Waals surface area contributed by atoms with Gasteiger partial charge in [-0.3, -0.25) is 9.36 Å². The van der Waals surface area contributed by atoms with Crippen molar-refractivity contribution in [3.05, 3.63) is 59.1 Å². The van der Waals surface area contributed by atoms with Crippen molar-refractivity contribution in [2.75, 3.05) is 23.3 Å². The predicted octanol–water partition coefficient (Wildman–Crippen LogP) is 3.47. The minimum Gasteiger partial charge on any atom is -0.408 e. The lowest BCUT2D eigenvalue weighted by Gasteiger charge is -2.21. The van der Waals surface area contributed by atoms with E-state index in [1.807, 2.05) is 42.5 Å². The number of amides is 1. The Morgan fingerprint density at radius 2 is 1.77 bits per heavy atom. The zero-order chi connectivity index (χ0) is 18.5. The number of nitrogens with one attached hydrogen (secondary N) is 1. The standard InChI is InChI=1S/C20H23N3O3/c1-3-22(4-2)16-11-9-15(10-12-16)21-19(24)13-14-23-17-7-5-6-8-18(17)26-20(23)25/h5-12H,3-4,13-14H2,1-2H3,(H,21,24). The fourth-order valence-electron chi connectivity index (χ4n) is 3.01. The molecule has 0 aliphatic rings. The van der Waals surface area contributed by atoms with Gasteiger partial charge in [0, 0.05) is 37.4 Å². The summed E-state index contributed by atoms with van der Waals surface area (Å²) in [5.74, 6) is -0.583. The fourth-order valence-corrected chi connectivity index (χ4v) is 3.01. The molecule has 0 unspecified atom stereocenters. The van der Waals surface area contributed by atoms with E-state index < -0.39 is 5.76 Å². The summed E-state index contributed by atoms with van der Waals surface area (Å²) in [5, 5.41) is 2.87. The van der Waals surface area contributed by atoms with Crippen LogP contribution in [0, 0.1) is 0 Å². The van der Waals surface area contributed by atoms with Crippen LogP contribution in [0.5, 0.6) is 0 Å². The Balaban J connectivity index is 1.62. The van der Waals surface area contributed by atoms with Gasteiger partial charge in [-0.15, -0.1) is 0 Å². The minimum absolute atomic E-state index is 0.141. The highest BCUT2D eigenvalue weighted by Crippen LogP contribution is 2.18. The summed E-state index contributed by atoms with van der Waals surface area (Å²) in [6, 6.07) is 15.0. The van der Waals surface area contributed by atoms with Crippen LogP contribution in [0.1, 0.15) is 20.3 Å². The number of oxazole rings is 1. The van der Waals surface area contributed by atoms with Gasteiger partial charge in [0.05, 0.1) is 5.52 Å². The third kappa shape index (κ3) is 3.79. The smallest absolute Gasteiger partial charge is 0.408 e. The predicted molar refractivity (Wildman–Crippen MR) is 104 cm³/mol. The summed E-state index contributed by atoms with van der Waals surface area (Å²) in [6.07, 6.45) is 0.196. The average Bonchev–Trinajstić information content (AvgIpc) is 2.97. The van der Waals surface area contributed by atoms with Gasteiger partial charge in [0.2, 0.25) is 5.91 Å². The lowest BCUT2D eigenvalue weighted by molar-refractivity contribution is -0.116. The van der Waals surface area contributed by atoms with Crippen LogP contribution in [0.2, 0.25) is 0 Å². The molecule has 1 heterocycles. The van der Waals surface area contributed by atoms with Gasteiger partial charge < -0.3 is 14.6 Å². The normalized spacial score (nSPS) is 10.8. The lowest BCUT2D eigenvalue weighted by Crippen LogP contribution is -2.22. The topological polar surface area (TPSA) is 67.5 Å². The van der Waals surface area contributed by atoms with E-state index in [0.717, 1.165) is 24.5 Å². The first kappa shape index (κ1) is 17.8. The molecule has 3 aromatic rings. The summed E-state index contributed by atoms with van der Waals surface area (Å²) in [7, 11) is 0. The van der Waals surface area contributed by atoms with Gasteiger partial charge in [-0.1, -0.05) is 12.1 Å². The highest BCUT2D eigenvalue weighted by Gasteiger charge is 2.10. The third-order valence-corrected chi connectivity index (χ3v) is 4.42. The maximum absolute atomic E-state index is 12.2. The molecule has 0 bridgehead atoms. The van der Waals surface area contributed by atoms with Gasteiger partial charge in [-0.25, -0.2) is 4.79 Å². The molecule has 0 radical (unpaired) electrons. The number of hydrogen-bond donors (Lipinski definition) is 1. The maximum Gasteiger partial charge on any atom is 0.419 e. The molecule has 0 aliphatic carbocycles. The zero-order valence-electron chi connectivity index (χ0n) is 15.1. The van der Waals surface area contributed by atoms with Crippen LogP contribution in [-0.2, 0) is 11.3 Å². The molecule has 6 nitrogen and oxygen atoms in total. The summed E-state index contributed by atoms with van der Waals surface area (Å²) in [6.45, 7) is 6.38. The first-order chi connectivity index (χ1) is 12.6. The Labute approximate surface area is 152 Å². The van der Waals surface area contributed by atoms with Gasteiger partial charge in [-0.05, 0) is 50.2 Å². The van der Waals surface area contributed by atoms with Crippen molar-refractivity contribution < 1.29 is 9.21 Å². The molecule has 1 N–H and O–H groups in total. The van der Waals surface area contributed by atoms with E-state index in [0.29, 0.717) is 11.1 Å². The fraction of sp³-hybridized carbons (Fsp3) is 0.300. The van der Waals surface area contributed by atoms with E-state index in [4.69, 9.17) is 4.42 Å². The molecule has 0 fully saturated rings. The molecule has 1 amide bonds. The molecule has 136 valence electrons. The largest absolute Gasteiger partial charge is 0.419 e. The second-order valence-corrected chi connectivity index (χ2v) is 6.00. The second kappa shape index (κ2) is 7.91. The molecule has 6 heteroatoms. The molecule has 0 saturated heterocycles. The van der Waals surface area contributed by atoms with E-state index in [9.17, 15) is 9.59 Å². The van der Waals surface area contributed by atoms with Crippen LogP contribution in [0.3, 0.4) is 0 Å². The van der Waals surface area contributed by atoms with Crippen molar-refractivity contribution >= 4 is 28.4 Å². The number of carbonyl (C=O) groups is 1. The van der Waals surface area contributed by atoms with Gasteiger partial charge >= 0.3 is 5.76 Å². The van der Waals surface area contributed by atoms with Gasteiger partial charge in [-0.2, -0.15) is 0 Å². The SMILES string of the molecule is CCN(CC)c1ccc(NC(=O)CCn2c(=O)oc3ccccc32)cc1. The van der Waals surface area contributed by atoms with Crippen LogP contribution < -0.4 is 16.0 Å². The zero-order valence-corrected chi connectivity index (χ0v) is 15.1. The molecule has 1 aromatic heterocycles. The monoisotopic (exact) mass is 353 g/mol. The number of para-hydroxylation sites is 2. The Morgan fingerprint density at radius 3 is 2.46 bits per heavy atom. The van der Waals surface area contributed by atoms with E-state index in [1.165, 1.54) is 4.57 Å². The lowest BCUT2D eigenvalue weighted by atomic mass is 10.2. The van der Waals surface area contributed by atoms with E-state index in [2.05, 4.69) is 24.1 Å². The van der Waals surface area contributed by atoms with Crippen LogP contribution >= 0.6 is 0 Å². The van der Waals surface area contributed by atoms with Gasteiger partial charge in [0.15, 0.2) is 5.58 Å². The molecule has 0 atom stereocenters. The van der Waals surface area contributed by atoms with Crippen LogP contribution in [0.4, 0.5) is 11.4 Å². The Hall–Kier alpha value is -3.02. The average molecular weight is 353 g/mol. The molecule has 0 spiro atoms. The number of fused-ring (bicyclic) bond motifs is 1. The first-order valence-corrected chi connectivity index (χ1v) is 8.85. The highest BCUT2D eigenvalue weighted by atomic mass is 16.4. The van der Waals surface area contributed by atoms with Crippen molar-refractivity contribution in [1.82, 2.24) is 4.57 Å². The number of aromatic nitrogens is 1. The Bertz CT molecular complexity index is 937. The van der Waals surface area contributed by atoms with Crippen molar-refractivity contribution in [3.8, 4) is 0 Å². The van der Waals surface area contributed by atoms with E-state index in [1.54, 1.807) is 6.07 Å². The van der Waals surface area contributed by atoms with Gasteiger partial charge in [0.25, 0.3) is 0 Å². The molecular weight excluding hydrogens is 330 g/mol. The number of anilines is 2. The number of aryl methyl sites for hydroxylation is 1. The molecule has 2 aromatic carbocycles. The Kier molecular flexibility index (Phi) is 5.41. The number of carbonyl (C=O) groups excluding carboxylic acids is 1. The molecule has 26 heavy (non-hydrogen) atoms. The third-order valence-electron chi connectivity index (χ3n) is 4.42. The van der Waals surface area contributed by atoms with Crippen molar-refractivity contribution in [2.45, 2.75) is 26.8 Å². The van der Waals surface area contributed by atoms with Crippen LogP contribution in [-0.4, -0.2) is 23.6 Å². The van der Waals surface area contributed by atoms with Crippen molar-refractivity contribution in [1.29, 1.82) is 0 Å². The molecule has 0 saturated carbocycles. The van der Waals surface area contributed by atoms with Crippen LogP contribution in [0.15, 0.2) is 57.7 Å². The number of hydrogen-bond acceptors (Lipinski definition) is 4. The number of benzene rings is 2. The Morgan fingerprint density at radius 1 is 1.08 bits per heavy atom. The van der Waals surface area contributed by atoms with Crippen LogP contribution in [0.25, 0.3) is 11.1 Å².